The van der Waals surface area contributed by atoms with Gasteiger partial charge in [-0.25, -0.2) is 15.0 Å². The van der Waals surface area contributed by atoms with E-state index in [1.54, 1.807) is 44.3 Å². The molecule has 0 aliphatic heterocycles. The molecule has 13 heteroatoms. The number of anilines is 2. The van der Waals surface area contributed by atoms with Gasteiger partial charge in [0.15, 0.2) is 0 Å². The van der Waals surface area contributed by atoms with Crippen LogP contribution < -0.4 is 10.6 Å². The predicted molar refractivity (Wildman–Crippen MR) is 155 cm³/mol. The molecule has 3 heterocycles. The van der Waals surface area contributed by atoms with Gasteiger partial charge < -0.3 is 19.5 Å². The number of nitrogens with one attached hydrogen (secondary N) is 1. The summed E-state index contributed by atoms with van der Waals surface area (Å²) in [5.74, 6) is 0.346. The molecule has 1 aliphatic rings. The molecule has 1 aliphatic carbocycles. The summed E-state index contributed by atoms with van der Waals surface area (Å²) in [4.78, 5) is 13.8. The molecule has 0 radical (unpaired) electrons. The van der Waals surface area contributed by atoms with E-state index < -0.39 is 24.9 Å². The number of thiazole rings is 1. The molecule has 2 N–H and O–H groups in total. The van der Waals surface area contributed by atoms with Crippen LogP contribution in [-0.4, -0.2) is 33.3 Å². The Morgan fingerprint density at radius 1 is 1.07 bits per heavy atom. The first-order chi connectivity index (χ1) is 19.9. The lowest BCUT2D eigenvalue weighted by atomic mass is 9.79. The van der Waals surface area contributed by atoms with Gasteiger partial charge in [0, 0.05) is 12.4 Å². The van der Waals surface area contributed by atoms with Gasteiger partial charge in [-0.1, -0.05) is 6.07 Å². The average molecular weight is 619 g/mol. The minimum absolute atomic E-state index is 0.0181. The largest absolute Gasteiger partial charge is 0.416 e. The summed E-state index contributed by atoms with van der Waals surface area (Å²) in [5.41, 5.74) is 0.749. The van der Waals surface area contributed by atoms with E-state index in [0.29, 0.717) is 51.5 Å². The summed E-state index contributed by atoms with van der Waals surface area (Å²) in [5, 5.41) is 15.7. The Balaban J connectivity index is 1.45. The standard InChI is InChI=1S/C29H30F3N4O4PS/c1-4-39-41(38,40-5-2)21-8-9-22-19(15-21)7-6-11-28(22,37)27-34-17-24(42-27)23-13-18(3)14-26(35-23)36-25-16-20(10-12-33-25)29(30,31)32/h8-10,12-17,37H,4-7,11H2,1-3H3,(H,33,35,36)/t28-/m0/s1. The summed E-state index contributed by atoms with van der Waals surface area (Å²) in [6.45, 7) is 5.84. The summed E-state index contributed by atoms with van der Waals surface area (Å²) >= 11 is 1.29. The van der Waals surface area contributed by atoms with E-state index in [1.165, 1.54) is 11.3 Å². The molecular formula is C29H30F3N4O4PS. The normalized spacial score (nSPS) is 17.2. The first kappa shape index (κ1) is 30.3. The second-order valence-electron chi connectivity index (χ2n) is 9.89. The molecule has 0 saturated heterocycles. The summed E-state index contributed by atoms with van der Waals surface area (Å²) < 4.78 is 63.8. The number of fused-ring (bicyclic) bond motifs is 1. The maximum atomic E-state index is 13.3. The Labute approximate surface area is 245 Å². The van der Waals surface area contributed by atoms with Crippen molar-refractivity contribution in [3.05, 3.63) is 82.1 Å². The van der Waals surface area contributed by atoms with Crippen molar-refractivity contribution in [2.75, 3.05) is 18.5 Å². The minimum atomic E-state index is -4.49. The Morgan fingerprint density at radius 2 is 1.83 bits per heavy atom. The number of aryl methyl sites for hydroxylation is 2. The zero-order valence-corrected chi connectivity index (χ0v) is 24.9. The maximum Gasteiger partial charge on any atom is 0.416 e. The highest BCUT2D eigenvalue weighted by Crippen LogP contribution is 2.49. The second kappa shape index (κ2) is 11.9. The van der Waals surface area contributed by atoms with Crippen molar-refractivity contribution in [3.63, 3.8) is 0 Å². The van der Waals surface area contributed by atoms with Crippen molar-refractivity contribution in [3.8, 4) is 10.6 Å². The smallest absolute Gasteiger partial charge is 0.378 e. The lowest BCUT2D eigenvalue weighted by Gasteiger charge is -2.33. The van der Waals surface area contributed by atoms with Crippen LogP contribution in [0, 0.1) is 6.92 Å². The third-order valence-corrected chi connectivity index (χ3v) is 10.1. The van der Waals surface area contributed by atoms with Crippen molar-refractivity contribution in [1.82, 2.24) is 15.0 Å². The van der Waals surface area contributed by atoms with E-state index in [9.17, 15) is 22.8 Å². The van der Waals surface area contributed by atoms with Crippen molar-refractivity contribution in [2.45, 2.75) is 51.8 Å². The SMILES string of the molecule is CCOP(=O)(OCC)c1ccc2c(c1)CCC[C@@]2(O)c1ncc(-c2cc(C)cc(Nc3cc(C(F)(F)F)ccn3)n2)s1. The van der Waals surface area contributed by atoms with Gasteiger partial charge in [-0.05, 0) is 93.1 Å². The quantitative estimate of drug-likeness (QED) is 0.191. The number of pyridine rings is 2. The molecular weight excluding hydrogens is 588 g/mol. The second-order valence-corrected chi connectivity index (χ2v) is 12.9. The van der Waals surface area contributed by atoms with E-state index in [0.717, 1.165) is 29.5 Å². The number of aromatic nitrogens is 3. The van der Waals surface area contributed by atoms with E-state index in [4.69, 9.17) is 9.05 Å². The number of rotatable bonds is 9. The van der Waals surface area contributed by atoms with E-state index >= 15 is 0 Å². The topological polar surface area (TPSA) is 106 Å². The van der Waals surface area contributed by atoms with Crippen molar-refractivity contribution in [1.29, 1.82) is 0 Å². The highest BCUT2D eigenvalue weighted by atomic mass is 32.1. The molecule has 0 saturated carbocycles. The Kier molecular flexibility index (Phi) is 8.55. The Bertz CT molecular complexity index is 1640. The van der Waals surface area contributed by atoms with Gasteiger partial charge in [0.2, 0.25) is 0 Å². The van der Waals surface area contributed by atoms with Crippen LogP contribution in [0.3, 0.4) is 0 Å². The highest BCUT2D eigenvalue weighted by molar-refractivity contribution is 7.62. The summed E-state index contributed by atoms with van der Waals surface area (Å²) in [6.07, 6.45) is 0.0737. The zero-order chi connectivity index (χ0) is 30.1. The van der Waals surface area contributed by atoms with Gasteiger partial charge in [0.25, 0.3) is 0 Å². The number of benzene rings is 1. The number of hydrogen-bond donors (Lipinski definition) is 2. The molecule has 0 spiro atoms. The number of aliphatic hydroxyl groups is 1. The fourth-order valence-electron chi connectivity index (χ4n) is 5.03. The number of halogens is 3. The zero-order valence-electron chi connectivity index (χ0n) is 23.2. The van der Waals surface area contributed by atoms with E-state index in [2.05, 4.69) is 20.3 Å². The van der Waals surface area contributed by atoms with Crippen LogP contribution >= 0.6 is 18.9 Å². The Morgan fingerprint density at radius 3 is 2.55 bits per heavy atom. The van der Waals surface area contributed by atoms with Crippen LogP contribution in [0.1, 0.15) is 54.0 Å². The fraction of sp³-hybridized carbons (Fsp3) is 0.345. The lowest BCUT2D eigenvalue weighted by Crippen LogP contribution is -2.32. The van der Waals surface area contributed by atoms with E-state index in [-0.39, 0.29) is 19.0 Å². The fourth-order valence-corrected chi connectivity index (χ4v) is 7.66. The summed E-state index contributed by atoms with van der Waals surface area (Å²) in [6, 6.07) is 10.6. The molecule has 1 atom stereocenters. The van der Waals surface area contributed by atoms with Crippen LogP contribution in [0.5, 0.6) is 0 Å². The number of alkyl halides is 3. The molecule has 0 bridgehead atoms. The molecule has 0 fully saturated rings. The molecule has 4 aromatic rings. The number of nitrogens with zero attached hydrogens (tertiary/aromatic N) is 3. The third kappa shape index (κ3) is 6.14. The van der Waals surface area contributed by atoms with Crippen molar-refractivity contribution in [2.24, 2.45) is 0 Å². The highest BCUT2D eigenvalue weighted by Gasteiger charge is 2.40. The Hall–Kier alpha value is -3.15. The molecule has 1 aromatic carbocycles. The average Bonchev–Trinajstić information content (AvgIpc) is 3.44. The molecule has 0 amide bonds. The van der Waals surface area contributed by atoms with Crippen LogP contribution in [0.15, 0.2) is 54.9 Å². The third-order valence-electron chi connectivity index (χ3n) is 6.86. The van der Waals surface area contributed by atoms with Crippen LogP contribution in [0.4, 0.5) is 24.8 Å². The van der Waals surface area contributed by atoms with E-state index in [1.807, 2.05) is 13.0 Å². The van der Waals surface area contributed by atoms with Crippen LogP contribution in [0.2, 0.25) is 0 Å². The maximum absolute atomic E-state index is 13.3. The summed E-state index contributed by atoms with van der Waals surface area (Å²) in [7, 11) is -3.48. The molecule has 8 nitrogen and oxygen atoms in total. The minimum Gasteiger partial charge on any atom is -0.378 e. The van der Waals surface area contributed by atoms with Gasteiger partial charge in [0.05, 0.1) is 34.7 Å². The molecule has 5 rings (SSSR count). The molecule has 0 unspecified atom stereocenters. The van der Waals surface area contributed by atoms with Gasteiger partial charge in [-0.2, -0.15) is 13.2 Å². The predicted octanol–water partition coefficient (Wildman–Crippen LogP) is 7.13. The molecule has 222 valence electrons. The lowest BCUT2D eigenvalue weighted by molar-refractivity contribution is -0.137. The molecule has 42 heavy (non-hydrogen) atoms. The van der Waals surface area contributed by atoms with Crippen molar-refractivity contribution >= 4 is 35.9 Å². The molecule has 3 aromatic heterocycles. The first-order valence-corrected chi connectivity index (χ1v) is 15.8. The van der Waals surface area contributed by atoms with Gasteiger partial charge in [-0.3, -0.25) is 4.57 Å². The number of hydrogen-bond acceptors (Lipinski definition) is 9. The van der Waals surface area contributed by atoms with Gasteiger partial charge in [-0.15, -0.1) is 11.3 Å². The monoisotopic (exact) mass is 618 g/mol. The van der Waals surface area contributed by atoms with Crippen molar-refractivity contribution < 1.29 is 31.9 Å². The van der Waals surface area contributed by atoms with Crippen LogP contribution in [-0.2, 0) is 31.8 Å². The van der Waals surface area contributed by atoms with Gasteiger partial charge >= 0.3 is 13.8 Å². The van der Waals surface area contributed by atoms with Gasteiger partial charge in [0.1, 0.15) is 22.2 Å². The van der Waals surface area contributed by atoms with Crippen LogP contribution in [0.25, 0.3) is 10.6 Å². The first-order valence-electron chi connectivity index (χ1n) is 13.5.